The van der Waals surface area contributed by atoms with Crippen LogP contribution in [-0.2, 0) is 10.0 Å². The Labute approximate surface area is 129 Å². The molecule has 0 unspecified atom stereocenters. The van der Waals surface area contributed by atoms with Gasteiger partial charge in [-0.05, 0) is 12.1 Å². The summed E-state index contributed by atoms with van der Waals surface area (Å²) in [6.45, 7) is 0. The Morgan fingerprint density at radius 2 is 1.70 bits per heavy atom. The molecule has 106 valence electrons. The summed E-state index contributed by atoms with van der Waals surface area (Å²) in [5.41, 5.74) is -0.696. The first-order valence-electron chi connectivity index (χ1n) is 5.16. The van der Waals surface area contributed by atoms with Crippen molar-refractivity contribution in [1.82, 2.24) is 4.98 Å². The number of sulfonamides is 1. The zero-order valence-corrected chi connectivity index (χ0v) is 12.7. The van der Waals surface area contributed by atoms with E-state index in [1.54, 1.807) is 0 Å². The Bertz CT molecular complexity index is 795. The van der Waals surface area contributed by atoms with Crippen molar-refractivity contribution in [2.24, 2.45) is 0 Å². The van der Waals surface area contributed by atoms with Gasteiger partial charge in [-0.15, -0.1) is 0 Å². The average molecular weight is 354 g/mol. The maximum atomic E-state index is 12.1. The Morgan fingerprint density at radius 3 is 2.25 bits per heavy atom. The predicted octanol–water partition coefficient (Wildman–Crippen LogP) is 3.14. The lowest BCUT2D eigenvalue weighted by molar-refractivity contribution is 0.600. The number of benzene rings is 1. The van der Waals surface area contributed by atoms with Gasteiger partial charge < -0.3 is 4.98 Å². The van der Waals surface area contributed by atoms with Gasteiger partial charge in [-0.3, -0.25) is 9.52 Å². The van der Waals surface area contributed by atoms with Crippen LogP contribution in [0.3, 0.4) is 0 Å². The minimum Gasteiger partial charge on any atom is -0.366 e. The lowest BCUT2D eigenvalue weighted by Gasteiger charge is -2.11. The number of aromatic nitrogens is 1. The van der Waals surface area contributed by atoms with Gasteiger partial charge in [-0.25, -0.2) is 8.42 Å². The number of hydrogen-bond acceptors (Lipinski definition) is 3. The highest BCUT2D eigenvalue weighted by Crippen LogP contribution is 2.34. The molecule has 2 aromatic rings. The van der Waals surface area contributed by atoms with E-state index < -0.39 is 20.3 Å². The molecule has 0 fully saturated rings. The van der Waals surface area contributed by atoms with Crippen molar-refractivity contribution >= 4 is 50.5 Å². The van der Waals surface area contributed by atoms with Gasteiger partial charge in [-0.2, -0.15) is 0 Å². The first kappa shape index (κ1) is 15.2. The van der Waals surface area contributed by atoms with Crippen molar-refractivity contribution in [3.63, 3.8) is 0 Å². The third-order valence-corrected chi connectivity index (χ3v) is 4.51. The van der Waals surface area contributed by atoms with Crippen LogP contribution in [0.15, 0.2) is 40.3 Å². The molecule has 0 radical (unpaired) electrons. The number of hydrogen-bond donors (Lipinski definition) is 2. The normalized spacial score (nSPS) is 11.3. The van der Waals surface area contributed by atoms with Crippen LogP contribution in [0.2, 0.25) is 15.1 Å². The topological polar surface area (TPSA) is 79.0 Å². The zero-order chi connectivity index (χ0) is 14.9. The third kappa shape index (κ3) is 3.09. The number of H-pyrrole nitrogens is 1. The first-order valence-corrected chi connectivity index (χ1v) is 7.77. The highest BCUT2D eigenvalue weighted by atomic mass is 35.5. The van der Waals surface area contributed by atoms with Crippen molar-refractivity contribution < 1.29 is 8.42 Å². The molecule has 2 N–H and O–H groups in total. The minimum atomic E-state index is -4.11. The monoisotopic (exact) mass is 352 g/mol. The summed E-state index contributed by atoms with van der Waals surface area (Å²) in [4.78, 5) is 13.6. The molecule has 0 saturated carbocycles. The molecular formula is C11H7Cl3N2O3S. The number of aromatic amines is 1. The van der Waals surface area contributed by atoms with Crippen LogP contribution >= 0.6 is 34.8 Å². The highest BCUT2D eigenvalue weighted by Gasteiger charge is 2.20. The fraction of sp³-hybridized carbons (Fsp3) is 0. The van der Waals surface area contributed by atoms with Crippen LogP contribution in [0.1, 0.15) is 0 Å². The molecule has 2 rings (SSSR count). The van der Waals surface area contributed by atoms with Crippen LogP contribution in [0.4, 0.5) is 5.69 Å². The fourth-order valence-electron chi connectivity index (χ4n) is 1.44. The van der Waals surface area contributed by atoms with Crippen LogP contribution in [-0.4, -0.2) is 13.4 Å². The summed E-state index contributed by atoms with van der Waals surface area (Å²) in [6.07, 6.45) is 2.39. The van der Waals surface area contributed by atoms with Gasteiger partial charge in [0.15, 0.2) is 4.90 Å². The van der Waals surface area contributed by atoms with E-state index in [9.17, 15) is 13.2 Å². The van der Waals surface area contributed by atoms with E-state index in [4.69, 9.17) is 34.8 Å². The van der Waals surface area contributed by atoms with E-state index in [0.717, 1.165) is 12.3 Å². The molecule has 0 spiro atoms. The van der Waals surface area contributed by atoms with E-state index in [2.05, 4.69) is 9.71 Å². The van der Waals surface area contributed by atoms with Gasteiger partial charge in [0.05, 0.1) is 15.7 Å². The molecule has 0 aliphatic rings. The van der Waals surface area contributed by atoms with Crippen molar-refractivity contribution in [1.29, 1.82) is 0 Å². The maximum absolute atomic E-state index is 12.1. The van der Waals surface area contributed by atoms with Gasteiger partial charge in [0, 0.05) is 23.5 Å². The van der Waals surface area contributed by atoms with Gasteiger partial charge >= 0.3 is 0 Å². The van der Waals surface area contributed by atoms with Crippen LogP contribution in [0, 0.1) is 0 Å². The Hall–Kier alpha value is -1.21. The SMILES string of the molecule is O=c1cc[nH]cc1S(=O)(=O)Nc1c(Cl)cc(Cl)cc1Cl. The average Bonchev–Trinajstić information content (AvgIpc) is 2.34. The summed E-state index contributed by atoms with van der Waals surface area (Å²) in [5.74, 6) is 0. The first-order chi connectivity index (χ1) is 9.31. The Balaban J connectivity index is 2.50. The summed E-state index contributed by atoms with van der Waals surface area (Å²) in [7, 11) is -4.11. The molecule has 0 bridgehead atoms. The molecule has 1 heterocycles. The molecule has 0 aliphatic heterocycles. The predicted molar refractivity (Wildman–Crippen MR) is 79.3 cm³/mol. The molecule has 1 aromatic carbocycles. The van der Waals surface area contributed by atoms with E-state index >= 15 is 0 Å². The van der Waals surface area contributed by atoms with Crippen molar-refractivity contribution in [3.8, 4) is 0 Å². The van der Waals surface area contributed by atoms with E-state index in [1.165, 1.54) is 18.3 Å². The van der Waals surface area contributed by atoms with Gasteiger partial charge in [0.25, 0.3) is 10.0 Å². The third-order valence-electron chi connectivity index (χ3n) is 2.32. The van der Waals surface area contributed by atoms with Gasteiger partial charge in [0.2, 0.25) is 5.43 Å². The fourth-order valence-corrected chi connectivity index (χ4v) is 3.62. The van der Waals surface area contributed by atoms with Crippen molar-refractivity contribution in [2.45, 2.75) is 4.90 Å². The molecule has 9 heteroatoms. The van der Waals surface area contributed by atoms with Crippen LogP contribution in [0.5, 0.6) is 0 Å². The second-order valence-corrected chi connectivity index (χ2v) is 6.62. The molecular weight excluding hydrogens is 347 g/mol. The summed E-state index contributed by atoms with van der Waals surface area (Å²) < 4.78 is 26.4. The molecule has 0 aliphatic carbocycles. The highest BCUT2D eigenvalue weighted by molar-refractivity contribution is 7.92. The Morgan fingerprint density at radius 1 is 1.10 bits per heavy atom. The zero-order valence-electron chi connectivity index (χ0n) is 9.65. The van der Waals surface area contributed by atoms with Crippen molar-refractivity contribution in [3.05, 3.63) is 55.9 Å². The summed E-state index contributed by atoms with van der Waals surface area (Å²) in [6, 6.07) is 3.77. The quantitative estimate of drug-likeness (QED) is 0.889. The molecule has 5 nitrogen and oxygen atoms in total. The second-order valence-electron chi connectivity index (χ2n) is 3.72. The molecule has 0 atom stereocenters. The van der Waals surface area contributed by atoms with E-state index in [-0.39, 0.29) is 20.8 Å². The largest absolute Gasteiger partial charge is 0.366 e. The maximum Gasteiger partial charge on any atom is 0.267 e. The molecule has 20 heavy (non-hydrogen) atoms. The summed E-state index contributed by atoms with van der Waals surface area (Å²) in [5, 5.41) is 0.317. The van der Waals surface area contributed by atoms with Gasteiger partial charge in [0.1, 0.15) is 0 Å². The minimum absolute atomic E-state index is 0.0263. The smallest absolute Gasteiger partial charge is 0.267 e. The van der Waals surface area contributed by atoms with Crippen LogP contribution < -0.4 is 10.2 Å². The summed E-state index contributed by atoms with van der Waals surface area (Å²) >= 11 is 17.5. The number of pyridine rings is 1. The number of anilines is 1. The van der Waals surface area contributed by atoms with Crippen LogP contribution in [0.25, 0.3) is 0 Å². The number of halogens is 3. The van der Waals surface area contributed by atoms with E-state index in [0.29, 0.717) is 0 Å². The second kappa shape index (κ2) is 5.65. The lowest BCUT2D eigenvalue weighted by atomic mass is 10.3. The lowest BCUT2D eigenvalue weighted by Crippen LogP contribution is -2.21. The molecule has 1 aromatic heterocycles. The van der Waals surface area contributed by atoms with Gasteiger partial charge in [-0.1, -0.05) is 34.8 Å². The Kier molecular flexibility index (Phi) is 4.29. The number of nitrogens with one attached hydrogen (secondary N) is 2. The van der Waals surface area contributed by atoms with E-state index in [1.807, 2.05) is 0 Å². The van der Waals surface area contributed by atoms with Crippen molar-refractivity contribution in [2.75, 3.05) is 4.72 Å². The molecule has 0 amide bonds. The number of rotatable bonds is 3. The molecule has 0 saturated heterocycles. The standard InChI is InChI=1S/C11H7Cl3N2O3S/c12-6-3-7(13)11(8(14)4-6)16-20(18,19)10-5-15-2-1-9(10)17/h1-5,16H,(H,15,17).